The molecule has 2 aromatic heterocycles. The molecule has 30 heavy (non-hydrogen) atoms. The molecule has 3 heterocycles. The van der Waals surface area contributed by atoms with Gasteiger partial charge in [0.05, 0.1) is 0 Å². The van der Waals surface area contributed by atoms with Crippen molar-refractivity contribution in [3.8, 4) is 5.75 Å². The van der Waals surface area contributed by atoms with Crippen molar-refractivity contribution in [3.63, 3.8) is 0 Å². The molecule has 1 aliphatic rings. The molecular formula is C21H25N5O2S2. The molecule has 0 unspecified atom stereocenters. The Morgan fingerprint density at radius 1 is 1.03 bits per heavy atom. The zero-order valence-electron chi connectivity index (χ0n) is 16.6. The number of rotatable bonds is 8. The maximum atomic E-state index is 12.5. The maximum absolute atomic E-state index is 12.5. The fourth-order valence-corrected chi connectivity index (χ4v) is 5.13. The van der Waals surface area contributed by atoms with Gasteiger partial charge >= 0.3 is 6.09 Å². The van der Waals surface area contributed by atoms with Crippen molar-refractivity contribution in [3.05, 3.63) is 54.6 Å². The average molecular weight is 444 g/mol. The van der Waals surface area contributed by atoms with Crippen LogP contribution in [0, 0.1) is 5.92 Å². The number of piperidine rings is 1. The molecule has 4 rings (SSSR count). The first kappa shape index (κ1) is 20.9. The molecule has 0 radical (unpaired) electrons. The molecule has 0 bridgehead atoms. The summed E-state index contributed by atoms with van der Waals surface area (Å²) in [7, 11) is 0. The van der Waals surface area contributed by atoms with Gasteiger partial charge in [0.25, 0.3) is 0 Å². The van der Waals surface area contributed by atoms with Crippen molar-refractivity contribution in [2.75, 3.05) is 24.6 Å². The summed E-state index contributed by atoms with van der Waals surface area (Å²) in [6.45, 7) is 1.48. The molecule has 158 valence electrons. The third-order valence-electron chi connectivity index (χ3n) is 5.03. The van der Waals surface area contributed by atoms with Crippen LogP contribution >= 0.6 is 23.5 Å². The number of H-pyrrole nitrogens is 2. The second kappa shape index (κ2) is 10.6. The number of ether oxygens (including phenoxy) is 1. The van der Waals surface area contributed by atoms with E-state index in [4.69, 9.17) is 4.74 Å². The molecule has 1 fully saturated rings. The molecule has 0 spiro atoms. The molecule has 3 aromatic rings. The Balaban J connectivity index is 1.16. The van der Waals surface area contributed by atoms with Crippen molar-refractivity contribution in [1.29, 1.82) is 0 Å². The van der Waals surface area contributed by atoms with Gasteiger partial charge in [-0.25, -0.2) is 14.8 Å². The van der Waals surface area contributed by atoms with Gasteiger partial charge in [-0.2, -0.15) is 0 Å². The van der Waals surface area contributed by atoms with E-state index < -0.39 is 0 Å². The van der Waals surface area contributed by atoms with E-state index in [9.17, 15) is 4.79 Å². The minimum absolute atomic E-state index is 0.256. The van der Waals surface area contributed by atoms with Crippen molar-refractivity contribution < 1.29 is 9.53 Å². The van der Waals surface area contributed by atoms with Gasteiger partial charge in [-0.15, -0.1) is 0 Å². The third kappa shape index (κ3) is 6.06. The van der Waals surface area contributed by atoms with Crippen LogP contribution in [0.2, 0.25) is 0 Å². The summed E-state index contributed by atoms with van der Waals surface area (Å²) in [4.78, 5) is 28.9. The zero-order chi connectivity index (χ0) is 20.6. The van der Waals surface area contributed by atoms with E-state index in [1.54, 1.807) is 35.9 Å². The normalized spacial score (nSPS) is 14.7. The minimum atomic E-state index is -0.256. The first-order valence-corrected chi connectivity index (χ1v) is 12.0. The first-order chi connectivity index (χ1) is 14.8. The monoisotopic (exact) mass is 443 g/mol. The van der Waals surface area contributed by atoms with Gasteiger partial charge in [-0.3, -0.25) is 0 Å². The molecule has 0 atom stereocenters. The standard InChI is InChI=1S/C21H25N5O2S2/c27-21(26-12-5-17(6-13-26)15-30-20-24-10-11-25-20)28-18-3-1-16(2-4-18)7-14-29-19-22-8-9-23-19/h1-4,8-11,17H,5-7,12-15H2,(H,22,23)(H,24,25). The summed E-state index contributed by atoms with van der Waals surface area (Å²) < 4.78 is 5.57. The van der Waals surface area contributed by atoms with Gasteiger partial charge < -0.3 is 19.6 Å². The molecule has 1 amide bonds. The highest BCUT2D eigenvalue weighted by molar-refractivity contribution is 7.99. The number of amides is 1. The lowest BCUT2D eigenvalue weighted by Gasteiger charge is -2.30. The number of carbonyl (C=O) groups excluding carboxylic acids is 1. The van der Waals surface area contributed by atoms with Crippen LogP contribution in [-0.2, 0) is 6.42 Å². The Morgan fingerprint density at radius 3 is 2.33 bits per heavy atom. The molecular weight excluding hydrogens is 418 g/mol. The van der Waals surface area contributed by atoms with Crippen LogP contribution in [0.4, 0.5) is 4.79 Å². The highest BCUT2D eigenvalue weighted by Crippen LogP contribution is 2.25. The average Bonchev–Trinajstić information content (AvgIpc) is 3.48. The van der Waals surface area contributed by atoms with E-state index >= 15 is 0 Å². The summed E-state index contributed by atoms with van der Waals surface area (Å²) in [5.41, 5.74) is 1.21. The Kier molecular flexibility index (Phi) is 7.36. The van der Waals surface area contributed by atoms with E-state index in [2.05, 4.69) is 19.9 Å². The number of likely N-dealkylation sites (tertiary alicyclic amines) is 1. The molecule has 1 aliphatic heterocycles. The number of carbonyl (C=O) groups is 1. The molecule has 1 aromatic carbocycles. The van der Waals surface area contributed by atoms with E-state index in [0.29, 0.717) is 11.7 Å². The minimum Gasteiger partial charge on any atom is -0.410 e. The summed E-state index contributed by atoms with van der Waals surface area (Å²) in [6, 6.07) is 7.78. The first-order valence-electron chi connectivity index (χ1n) is 10.1. The summed E-state index contributed by atoms with van der Waals surface area (Å²) in [5, 5.41) is 1.89. The summed E-state index contributed by atoms with van der Waals surface area (Å²) >= 11 is 3.44. The number of thioether (sulfide) groups is 2. The topological polar surface area (TPSA) is 86.9 Å². The Labute approximate surface area is 184 Å². The van der Waals surface area contributed by atoms with E-state index in [1.165, 1.54) is 5.56 Å². The Morgan fingerprint density at radius 2 is 1.70 bits per heavy atom. The second-order valence-corrected chi connectivity index (χ2v) is 9.23. The maximum Gasteiger partial charge on any atom is 0.415 e. The van der Waals surface area contributed by atoms with E-state index in [0.717, 1.165) is 54.2 Å². The Bertz CT molecular complexity index is 892. The highest BCUT2D eigenvalue weighted by Gasteiger charge is 2.24. The van der Waals surface area contributed by atoms with Gasteiger partial charge in [-0.05, 0) is 42.9 Å². The van der Waals surface area contributed by atoms with Gasteiger partial charge in [0.15, 0.2) is 10.3 Å². The SMILES string of the molecule is O=C(Oc1ccc(CCSc2ncc[nH]2)cc1)N1CCC(CSc2ncc[nH]2)CC1. The third-order valence-corrected chi connectivity index (χ3v) is 7.07. The smallest absolute Gasteiger partial charge is 0.410 e. The number of nitrogens with zero attached hydrogens (tertiary/aromatic N) is 3. The largest absolute Gasteiger partial charge is 0.415 e. The lowest BCUT2D eigenvalue weighted by atomic mass is 9.99. The molecule has 7 nitrogen and oxygen atoms in total. The van der Waals surface area contributed by atoms with Crippen molar-refractivity contribution >= 4 is 29.6 Å². The van der Waals surface area contributed by atoms with Crippen LogP contribution in [0.25, 0.3) is 0 Å². The lowest BCUT2D eigenvalue weighted by molar-refractivity contribution is 0.134. The van der Waals surface area contributed by atoms with Crippen LogP contribution < -0.4 is 4.74 Å². The van der Waals surface area contributed by atoms with Crippen LogP contribution in [0.3, 0.4) is 0 Å². The van der Waals surface area contributed by atoms with Crippen LogP contribution in [0.1, 0.15) is 18.4 Å². The van der Waals surface area contributed by atoms with Gasteiger partial charge in [0.2, 0.25) is 0 Å². The number of aryl methyl sites for hydroxylation is 1. The second-order valence-electron chi connectivity index (χ2n) is 7.14. The van der Waals surface area contributed by atoms with Crippen molar-refractivity contribution in [2.45, 2.75) is 29.6 Å². The summed E-state index contributed by atoms with van der Waals surface area (Å²) in [5.74, 6) is 3.16. The number of hydrogen-bond acceptors (Lipinski definition) is 6. The number of aromatic nitrogens is 4. The van der Waals surface area contributed by atoms with E-state index in [1.807, 2.05) is 41.6 Å². The quantitative estimate of drug-likeness (QED) is 0.500. The molecule has 9 heteroatoms. The van der Waals surface area contributed by atoms with Crippen LogP contribution in [0.5, 0.6) is 5.75 Å². The number of aromatic amines is 2. The molecule has 0 aliphatic carbocycles. The zero-order valence-corrected chi connectivity index (χ0v) is 18.3. The van der Waals surface area contributed by atoms with Gasteiger partial charge in [0, 0.05) is 49.4 Å². The predicted octanol–water partition coefficient (Wildman–Crippen LogP) is 4.47. The van der Waals surface area contributed by atoms with Crippen molar-refractivity contribution in [1.82, 2.24) is 24.8 Å². The number of imidazole rings is 2. The highest BCUT2D eigenvalue weighted by atomic mass is 32.2. The van der Waals surface area contributed by atoms with Gasteiger partial charge in [-0.1, -0.05) is 35.7 Å². The van der Waals surface area contributed by atoms with Gasteiger partial charge in [0.1, 0.15) is 5.75 Å². The van der Waals surface area contributed by atoms with Crippen LogP contribution in [-0.4, -0.2) is 55.5 Å². The molecule has 1 saturated heterocycles. The van der Waals surface area contributed by atoms with Crippen molar-refractivity contribution in [2.24, 2.45) is 5.92 Å². The molecule has 2 N–H and O–H groups in total. The number of nitrogens with one attached hydrogen (secondary N) is 2. The fourth-order valence-electron chi connectivity index (χ4n) is 3.29. The summed E-state index contributed by atoms with van der Waals surface area (Å²) in [6.07, 6.45) is 9.86. The lowest BCUT2D eigenvalue weighted by Crippen LogP contribution is -2.40. The Hall–Kier alpha value is -2.39. The van der Waals surface area contributed by atoms with Crippen LogP contribution in [0.15, 0.2) is 59.4 Å². The predicted molar refractivity (Wildman–Crippen MR) is 119 cm³/mol. The molecule has 0 saturated carbocycles. The number of hydrogen-bond donors (Lipinski definition) is 2. The number of benzene rings is 1. The van der Waals surface area contributed by atoms with E-state index in [-0.39, 0.29) is 6.09 Å². The fraction of sp³-hybridized carbons (Fsp3) is 0.381.